The van der Waals surface area contributed by atoms with Crippen molar-refractivity contribution in [1.29, 1.82) is 0 Å². The van der Waals surface area contributed by atoms with Gasteiger partial charge in [0.15, 0.2) is 16.3 Å². The molecule has 0 saturated heterocycles. The highest BCUT2D eigenvalue weighted by Gasteiger charge is 2.22. The van der Waals surface area contributed by atoms with Crippen LogP contribution in [0.4, 0.5) is 0 Å². The van der Waals surface area contributed by atoms with E-state index in [-0.39, 0.29) is 11.8 Å². The van der Waals surface area contributed by atoms with Gasteiger partial charge in [-0.1, -0.05) is 30.3 Å². The number of nitrogens with zero attached hydrogens (tertiary/aromatic N) is 2. The number of methoxy groups -OCH3 is 2. The number of carbonyl (C=O) groups is 1. The Kier molecular flexibility index (Phi) is 5.04. The summed E-state index contributed by atoms with van der Waals surface area (Å²) < 4.78 is 13.8. The summed E-state index contributed by atoms with van der Waals surface area (Å²) in [6.45, 7) is 4.41. The van der Waals surface area contributed by atoms with Crippen molar-refractivity contribution in [3.8, 4) is 11.5 Å². The van der Waals surface area contributed by atoms with Crippen LogP contribution < -0.4 is 14.3 Å². The van der Waals surface area contributed by atoms with Crippen LogP contribution in [0.1, 0.15) is 25.7 Å². The summed E-state index contributed by atoms with van der Waals surface area (Å²) in [7, 11) is 3.23. The molecule has 1 aromatic heterocycles. The summed E-state index contributed by atoms with van der Waals surface area (Å²) in [5, 5.41) is 0. The molecule has 128 valence electrons. The number of rotatable bonds is 5. The van der Waals surface area contributed by atoms with Gasteiger partial charge in [-0.25, -0.2) is 0 Å². The number of hydrogen-bond donors (Lipinski definition) is 0. The fraction of sp³-hybridized carbons (Fsp3) is 0.444. The van der Waals surface area contributed by atoms with Crippen molar-refractivity contribution < 1.29 is 14.3 Å². The first kappa shape index (κ1) is 16.8. The van der Waals surface area contributed by atoms with Gasteiger partial charge in [0.2, 0.25) is 0 Å². The molecule has 2 aromatic rings. The third-order valence-electron chi connectivity index (χ3n) is 4.41. The van der Waals surface area contributed by atoms with Gasteiger partial charge >= 0.3 is 0 Å². The van der Waals surface area contributed by atoms with Gasteiger partial charge < -0.3 is 14.0 Å². The van der Waals surface area contributed by atoms with Crippen LogP contribution in [-0.2, 0) is 11.3 Å². The Hall–Kier alpha value is -2.08. The lowest BCUT2D eigenvalue weighted by Gasteiger charge is -2.08. The first-order chi connectivity index (χ1) is 11.7. The van der Waals surface area contributed by atoms with Crippen LogP contribution in [0, 0.1) is 5.92 Å². The van der Waals surface area contributed by atoms with E-state index in [0.29, 0.717) is 22.8 Å². The molecule has 0 aliphatic heterocycles. The number of thiazole rings is 1. The molecule has 1 saturated carbocycles. The third kappa shape index (κ3) is 3.11. The molecule has 6 heteroatoms. The SMILES string of the molecule is C=CCn1c(=NC(=O)C2CCCC2)sc2cc(OC)c(OC)cc21. The number of ether oxygens (including phenoxy) is 2. The van der Waals surface area contributed by atoms with Gasteiger partial charge in [0.1, 0.15) is 0 Å². The van der Waals surface area contributed by atoms with Gasteiger partial charge in [0.25, 0.3) is 5.91 Å². The van der Waals surface area contributed by atoms with Gasteiger partial charge in [-0.15, -0.1) is 6.58 Å². The molecule has 1 fully saturated rings. The van der Waals surface area contributed by atoms with E-state index in [0.717, 1.165) is 35.9 Å². The van der Waals surface area contributed by atoms with E-state index in [9.17, 15) is 4.79 Å². The molecule has 1 amide bonds. The Labute approximate surface area is 145 Å². The molecule has 0 spiro atoms. The van der Waals surface area contributed by atoms with Crippen molar-refractivity contribution in [2.75, 3.05) is 14.2 Å². The Balaban J connectivity index is 2.14. The number of hydrogen-bond acceptors (Lipinski definition) is 4. The lowest BCUT2D eigenvalue weighted by atomic mass is 10.1. The van der Waals surface area contributed by atoms with Gasteiger partial charge in [-0.05, 0) is 12.8 Å². The normalized spacial score (nSPS) is 15.8. The molecule has 0 N–H and O–H groups in total. The maximum absolute atomic E-state index is 12.4. The Morgan fingerprint density at radius 1 is 1.33 bits per heavy atom. The van der Waals surface area contributed by atoms with Crippen molar-refractivity contribution in [3.63, 3.8) is 0 Å². The van der Waals surface area contributed by atoms with Crippen molar-refractivity contribution in [1.82, 2.24) is 4.57 Å². The zero-order valence-corrected chi connectivity index (χ0v) is 14.9. The Morgan fingerprint density at radius 2 is 2.00 bits per heavy atom. The summed E-state index contributed by atoms with van der Waals surface area (Å²) in [6.07, 6.45) is 5.97. The first-order valence-corrected chi connectivity index (χ1v) is 8.94. The molecule has 0 bridgehead atoms. The van der Waals surface area contributed by atoms with E-state index in [1.54, 1.807) is 14.2 Å². The third-order valence-corrected chi connectivity index (χ3v) is 5.45. The molecule has 1 heterocycles. The van der Waals surface area contributed by atoms with Crippen molar-refractivity contribution >= 4 is 27.5 Å². The second-order valence-corrected chi connectivity index (χ2v) is 6.90. The second-order valence-electron chi connectivity index (χ2n) is 5.89. The molecule has 1 aliphatic carbocycles. The van der Waals surface area contributed by atoms with Gasteiger partial charge in [-0.2, -0.15) is 4.99 Å². The topological polar surface area (TPSA) is 52.8 Å². The zero-order valence-electron chi connectivity index (χ0n) is 14.1. The van der Waals surface area contributed by atoms with E-state index in [4.69, 9.17) is 9.47 Å². The molecule has 5 nitrogen and oxygen atoms in total. The van der Waals surface area contributed by atoms with Crippen LogP contribution in [0.25, 0.3) is 10.2 Å². The van der Waals surface area contributed by atoms with Gasteiger partial charge in [0.05, 0.1) is 24.4 Å². The Morgan fingerprint density at radius 3 is 2.62 bits per heavy atom. The summed E-state index contributed by atoms with van der Waals surface area (Å²) in [5.74, 6) is 1.41. The molecule has 1 aromatic carbocycles. The van der Waals surface area contributed by atoms with E-state index >= 15 is 0 Å². The predicted octanol–water partition coefficient (Wildman–Crippen LogP) is 3.52. The van der Waals surface area contributed by atoms with Crippen LogP contribution in [0.15, 0.2) is 29.8 Å². The standard InChI is InChI=1S/C18H22N2O3S/c1-4-9-20-13-10-14(22-2)15(23-3)11-16(13)24-18(20)19-17(21)12-7-5-6-8-12/h4,10-12H,1,5-9H2,2-3H3. The molecule has 3 rings (SSSR count). The summed E-state index contributed by atoms with van der Waals surface area (Å²) >= 11 is 1.49. The van der Waals surface area contributed by atoms with E-state index in [2.05, 4.69) is 11.6 Å². The van der Waals surface area contributed by atoms with Crippen LogP contribution in [0.2, 0.25) is 0 Å². The molecule has 1 aliphatic rings. The van der Waals surface area contributed by atoms with Crippen LogP contribution in [0.3, 0.4) is 0 Å². The number of benzene rings is 1. The van der Waals surface area contributed by atoms with Crippen molar-refractivity contribution in [2.24, 2.45) is 10.9 Å². The lowest BCUT2D eigenvalue weighted by Crippen LogP contribution is -2.19. The number of aromatic nitrogens is 1. The number of carbonyl (C=O) groups excluding carboxylic acids is 1. The van der Waals surface area contributed by atoms with Crippen LogP contribution in [0.5, 0.6) is 11.5 Å². The minimum absolute atomic E-state index is 0.00389. The molecule has 24 heavy (non-hydrogen) atoms. The van der Waals surface area contributed by atoms with Crippen LogP contribution in [-0.4, -0.2) is 24.7 Å². The summed E-state index contributed by atoms with van der Waals surface area (Å²) in [6, 6.07) is 3.85. The Bertz CT molecular complexity index is 829. The summed E-state index contributed by atoms with van der Waals surface area (Å²) in [5.41, 5.74) is 0.968. The lowest BCUT2D eigenvalue weighted by molar-refractivity contribution is -0.121. The molecule has 0 atom stereocenters. The van der Waals surface area contributed by atoms with Crippen molar-refractivity contribution in [3.05, 3.63) is 29.6 Å². The van der Waals surface area contributed by atoms with Crippen molar-refractivity contribution in [2.45, 2.75) is 32.2 Å². The maximum atomic E-state index is 12.4. The number of amides is 1. The largest absolute Gasteiger partial charge is 0.493 e. The second kappa shape index (κ2) is 7.21. The maximum Gasteiger partial charge on any atom is 0.251 e. The monoisotopic (exact) mass is 346 g/mol. The fourth-order valence-electron chi connectivity index (χ4n) is 3.15. The molecule has 0 radical (unpaired) electrons. The first-order valence-electron chi connectivity index (χ1n) is 8.12. The minimum Gasteiger partial charge on any atom is -0.493 e. The molecular weight excluding hydrogens is 324 g/mol. The van der Waals surface area contributed by atoms with Gasteiger partial charge in [-0.3, -0.25) is 4.79 Å². The number of allylic oxidation sites excluding steroid dienone is 1. The van der Waals surface area contributed by atoms with E-state index < -0.39 is 0 Å². The van der Waals surface area contributed by atoms with E-state index in [1.165, 1.54) is 11.3 Å². The average Bonchev–Trinajstić information content (AvgIpc) is 3.23. The highest BCUT2D eigenvalue weighted by molar-refractivity contribution is 7.16. The van der Waals surface area contributed by atoms with Gasteiger partial charge in [0, 0.05) is 24.6 Å². The van der Waals surface area contributed by atoms with E-state index in [1.807, 2.05) is 22.8 Å². The molecular formula is C18H22N2O3S. The highest BCUT2D eigenvalue weighted by Crippen LogP contribution is 2.33. The summed E-state index contributed by atoms with van der Waals surface area (Å²) in [4.78, 5) is 17.6. The number of fused-ring (bicyclic) bond motifs is 1. The zero-order chi connectivity index (χ0) is 17.1. The quantitative estimate of drug-likeness (QED) is 0.778. The smallest absolute Gasteiger partial charge is 0.251 e. The predicted molar refractivity (Wildman–Crippen MR) is 95.6 cm³/mol. The highest BCUT2D eigenvalue weighted by atomic mass is 32.1. The fourth-order valence-corrected chi connectivity index (χ4v) is 4.20. The average molecular weight is 346 g/mol. The van der Waals surface area contributed by atoms with Crippen LogP contribution >= 0.6 is 11.3 Å². The minimum atomic E-state index is -0.00389. The molecule has 0 unspecified atom stereocenters.